The molecule has 3 rings (SSSR count). The Morgan fingerprint density at radius 3 is 2.16 bits per heavy atom. The minimum Gasteiger partial charge on any atom is -0.366 e. The second-order valence-corrected chi connectivity index (χ2v) is 5.49. The van der Waals surface area contributed by atoms with Crippen LogP contribution < -0.4 is 5.32 Å². The first-order valence-corrected chi connectivity index (χ1v) is 7.15. The number of hydrogen-bond acceptors (Lipinski definition) is 4. The summed E-state index contributed by atoms with van der Waals surface area (Å²) in [5.41, 5.74) is 0. The Labute approximate surface area is 113 Å². The van der Waals surface area contributed by atoms with E-state index >= 15 is 0 Å². The first kappa shape index (κ1) is 12.9. The van der Waals surface area contributed by atoms with Gasteiger partial charge in [0.15, 0.2) is 0 Å². The number of morpholine rings is 1. The third-order valence-corrected chi connectivity index (χ3v) is 4.03. The van der Waals surface area contributed by atoms with Crippen molar-refractivity contribution in [3.05, 3.63) is 0 Å². The van der Waals surface area contributed by atoms with E-state index in [9.17, 15) is 9.59 Å². The van der Waals surface area contributed by atoms with Crippen LogP contribution in [0.1, 0.15) is 12.8 Å². The number of nitrogens with zero attached hydrogens (tertiary/aromatic N) is 2. The van der Waals surface area contributed by atoms with Crippen LogP contribution in [0.25, 0.3) is 0 Å². The van der Waals surface area contributed by atoms with E-state index in [1.54, 1.807) is 0 Å². The molecule has 1 unspecified atom stereocenters. The van der Waals surface area contributed by atoms with E-state index < -0.39 is 0 Å². The van der Waals surface area contributed by atoms with Crippen molar-refractivity contribution in [1.82, 2.24) is 15.1 Å². The molecule has 0 radical (unpaired) electrons. The monoisotopic (exact) mass is 267 g/mol. The number of hydrogen-bond donors (Lipinski definition) is 1. The summed E-state index contributed by atoms with van der Waals surface area (Å²) in [7, 11) is 0. The van der Waals surface area contributed by atoms with E-state index in [-0.39, 0.29) is 23.8 Å². The first-order valence-electron chi connectivity index (χ1n) is 7.15. The van der Waals surface area contributed by atoms with Crippen LogP contribution in [0.3, 0.4) is 0 Å². The smallest absolute Gasteiger partial charge is 0.253 e. The van der Waals surface area contributed by atoms with E-state index in [0.29, 0.717) is 39.3 Å². The lowest BCUT2D eigenvalue weighted by atomic mass is 10.2. The minimum absolute atomic E-state index is 0.0609. The molecule has 2 heterocycles. The molecule has 6 heteroatoms. The molecule has 1 saturated carbocycles. The van der Waals surface area contributed by atoms with Crippen LogP contribution in [0, 0.1) is 5.92 Å². The maximum atomic E-state index is 12.2. The van der Waals surface area contributed by atoms with Crippen molar-refractivity contribution in [1.29, 1.82) is 0 Å². The van der Waals surface area contributed by atoms with Gasteiger partial charge in [0.25, 0.3) is 5.91 Å². The van der Waals surface area contributed by atoms with Crippen LogP contribution in [0.4, 0.5) is 0 Å². The molecule has 1 aliphatic carbocycles. The third-order valence-electron chi connectivity index (χ3n) is 4.03. The molecule has 0 spiro atoms. The molecule has 19 heavy (non-hydrogen) atoms. The summed E-state index contributed by atoms with van der Waals surface area (Å²) in [5, 5.41) is 3.17. The molecule has 0 aromatic heterocycles. The Morgan fingerprint density at radius 2 is 1.63 bits per heavy atom. The topological polar surface area (TPSA) is 61.9 Å². The van der Waals surface area contributed by atoms with Gasteiger partial charge < -0.3 is 19.9 Å². The molecule has 0 aromatic rings. The molecule has 106 valence electrons. The number of amides is 2. The summed E-state index contributed by atoms with van der Waals surface area (Å²) in [6, 6.07) is 0. The maximum absolute atomic E-state index is 12.2. The molecule has 2 aliphatic heterocycles. The maximum Gasteiger partial charge on any atom is 0.253 e. The molecular formula is C13H21N3O3. The standard InChI is InChI=1S/C13H21N3O3/c17-12(10-1-2-10)15-4-6-16(7-5-15)13(18)11-9-14-3-8-19-11/h10-11,14H,1-9H2. The predicted octanol–water partition coefficient (Wildman–Crippen LogP) is -0.944. The Bertz CT molecular complexity index is 356. The summed E-state index contributed by atoms with van der Waals surface area (Å²) in [6.45, 7) is 4.61. The van der Waals surface area contributed by atoms with Crippen LogP contribution in [-0.4, -0.2) is 73.6 Å². The highest BCUT2D eigenvalue weighted by Crippen LogP contribution is 2.31. The molecule has 3 aliphatic rings. The van der Waals surface area contributed by atoms with Crippen LogP contribution in [-0.2, 0) is 14.3 Å². The van der Waals surface area contributed by atoms with E-state index in [2.05, 4.69) is 5.32 Å². The number of rotatable bonds is 2. The van der Waals surface area contributed by atoms with Crippen LogP contribution in [0.5, 0.6) is 0 Å². The quantitative estimate of drug-likeness (QED) is 0.701. The van der Waals surface area contributed by atoms with Gasteiger partial charge in [-0.25, -0.2) is 0 Å². The van der Waals surface area contributed by atoms with Gasteiger partial charge in [-0.05, 0) is 12.8 Å². The normalized spacial score (nSPS) is 28.3. The highest BCUT2D eigenvalue weighted by Gasteiger charge is 2.36. The lowest BCUT2D eigenvalue weighted by Crippen LogP contribution is -2.56. The zero-order chi connectivity index (χ0) is 13.2. The molecule has 6 nitrogen and oxygen atoms in total. The number of nitrogens with one attached hydrogen (secondary N) is 1. The average Bonchev–Trinajstić information content (AvgIpc) is 3.31. The van der Waals surface area contributed by atoms with Gasteiger partial charge in [-0.1, -0.05) is 0 Å². The molecule has 1 N–H and O–H groups in total. The second-order valence-electron chi connectivity index (χ2n) is 5.49. The fourth-order valence-electron chi connectivity index (χ4n) is 2.66. The summed E-state index contributed by atoms with van der Waals surface area (Å²) < 4.78 is 5.48. The largest absolute Gasteiger partial charge is 0.366 e. The summed E-state index contributed by atoms with van der Waals surface area (Å²) in [6.07, 6.45) is 1.73. The zero-order valence-corrected chi connectivity index (χ0v) is 11.1. The lowest BCUT2D eigenvalue weighted by molar-refractivity contribution is -0.149. The van der Waals surface area contributed by atoms with Crippen molar-refractivity contribution in [2.24, 2.45) is 5.92 Å². The van der Waals surface area contributed by atoms with Crippen LogP contribution >= 0.6 is 0 Å². The molecular weight excluding hydrogens is 246 g/mol. The number of piperazine rings is 1. The highest BCUT2D eigenvalue weighted by atomic mass is 16.5. The Balaban J connectivity index is 1.48. The predicted molar refractivity (Wildman–Crippen MR) is 68.5 cm³/mol. The van der Waals surface area contributed by atoms with Gasteiger partial charge >= 0.3 is 0 Å². The fraction of sp³-hybridized carbons (Fsp3) is 0.846. The van der Waals surface area contributed by atoms with E-state index in [1.807, 2.05) is 9.80 Å². The summed E-state index contributed by atoms with van der Waals surface area (Å²) in [4.78, 5) is 27.9. The number of carbonyl (C=O) groups excluding carboxylic acids is 2. The van der Waals surface area contributed by atoms with Gasteiger partial charge in [-0.3, -0.25) is 9.59 Å². The highest BCUT2D eigenvalue weighted by molar-refractivity contribution is 5.83. The second kappa shape index (κ2) is 5.46. The summed E-state index contributed by atoms with van der Waals surface area (Å²) >= 11 is 0. The van der Waals surface area contributed by atoms with Crippen molar-refractivity contribution in [2.45, 2.75) is 18.9 Å². The van der Waals surface area contributed by atoms with Gasteiger partial charge in [0.2, 0.25) is 5.91 Å². The van der Waals surface area contributed by atoms with Gasteiger partial charge in [-0.15, -0.1) is 0 Å². The van der Waals surface area contributed by atoms with E-state index in [0.717, 1.165) is 19.4 Å². The minimum atomic E-state index is -0.348. The van der Waals surface area contributed by atoms with Gasteiger partial charge in [0.05, 0.1) is 6.61 Å². The zero-order valence-electron chi connectivity index (χ0n) is 11.1. The molecule has 2 saturated heterocycles. The molecule has 3 fully saturated rings. The van der Waals surface area contributed by atoms with E-state index in [4.69, 9.17) is 4.74 Å². The average molecular weight is 267 g/mol. The van der Waals surface area contributed by atoms with Gasteiger partial charge in [-0.2, -0.15) is 0 Å². The molecule has 1 atom stereocenters. The van der Waals surface area contributed by atoms with Gasteiger partial charge in [0, 0.05) is 45.2 Å². The van der Waals surface area contributed by atoms with Crippen molar-refractivity contribution in [3.63, 3.8) is 0 Å². The Kier molecular flexibility index (Phi) is 3.70. The lowest BCUT2D eigenvalue weighted by Gasteiger charge is -2.37. The molecule has 0 bridgehead atoms. The van der Waals surface area contributed by atoms with Crippen molar-refractivity contribution in [3.8, 4) is 0 Å². The number of ether oxygens (including phenoxy) is 1. The third kappa shape index (κ3) is 2.90. The van der Waals surface area contributed by atoms with Crippen LogP contribution in [0.2, 0.25) is 0 Å². The van der Waals surface area contributed by atoms with Crippen LogP contribution in [0.15, 0.2) is 0 Å². The molecule has 0 aromatic carbocycles. The van der Waals surface area contributed by atoms with Gasteiger partial charge in [0.1, 0.15) is 6.10 Å². The van der Waals surface area contributed by atoms with Crippen molar-refractivity contribution >= 4 is 11.8 Å². The Morgan fingerprint density at radius 1 is 1.00 bits per heavy atom. The first-order chi connectivity index (χ1) is 9.25. The SMILES string of the molecule is O=C(C1CC1)N1CCN(C(=O)C2CNCCO2)CC1. The van der Waals surface area contributed by atoms with Crippen molar-refractivity contribution in [2.75, 3.05) is 45.9 Å². The summed E-state index contributed by atoms with van der Waals surface area (Å²) in [5.74, 6) is 0.613. The number of carbonyl (C=O) groups is 2. The van der Waals surface area contributed by atoms with Crippen molar-refractivity contribution < 1.29 is 14.3 Å². The van der Waals surface area contributed by atoms with E-state index in [1.165, 1.54) is 0 Å². The fourth-order valence-corrected chi connectivity index (χ4v) is 2.66. The Hall–Kier alpha value is -1.14. The molecule has 2 amide bonds.